The number of nitrogens with two attached hydrogens (primary N) is 1. The SMILES string of the molecule is CCC(C)(CC)Nc1cc(Cl)ccc1C(N)=S. The van der Waals surface area contributed by atoms with Gasteiger partial charge in [0, 0.05) is 21.8 Å². The molecule has 0 aliphatic heterocycles. The lowest BCUT2D eigenvalue weighted by molar-refractivity contribution is 0.478. The van der Waals surface area contributed by atoms with Crippen LogP contribution >= 0.6 is 23.8 Å². The van der Waals surface area contributed by atoms with Crippen LogP contribution in [0.1, 0.15) is 39.2 Å². The molecule has 0 amide bonds. The van der Waals surface area contributed by atoms with E-state index in [2.05, 4.69) is 26.1 Å². The Hall–Kier alpha value is -0.800. The summed E-state index contributed by atoms with van der Waals surface area (Å²) in [5.74, 6) is 0. The fourth-order valence-electron chi connectivity index (χ4n) is 1.59. The molecule has 1 rings (SSSR count). The molecule has 0 saturated heterocycles. The summed E-state index contributed by atoms with van der Waals surface area (Å²) in [5, 5.41) is 4.18. The third kappa shape index (κ3) is 3.58. The van der Waals surface area contributed by atoms with Gasteiger partial charge in [-0.15, -0.1) is 0 Å². The Kier molecular flexibility index (Phi) is 4.78. The molecule has 0 aromatic heterocycles. The van der Waals surface area contributed by atoms with Gasteiger partial charge in [0.05, 0.1) is 0 Å². The van der Waals surface area contributed by atoms with E-state index in [0.29, 0.717) is 10.0 Å². The van der Waals surface area contributed by atoms with Crippen LogP contribution in [0.5, 0.6) is 0 Å². The Balaban J connectivity index is 3.12. The average Bonchev–Trinajstić information content (AvgIpc) is 2.28. The van der Waals surface area contributed by atoms with Crippen molar-refractivity contribution >= 4 is 34.5 Å². The summed E-state index contributed by atoms with van der Waals surface area (Å²) in [6, 6.07) is 5.54. The van der Waals surface area contributed by atoms with E-state index in [4.69, 9.17) is 29.6 Å². The lowest BCUT2D eigenvalue weighted by atomic mass is 9.94. The Labute approximate surface area is 114 Å². The summed E-state index contributed by atoms with van der Waals surface area (Å²) < 4.78 is 0. The van der Waals surface area contributed by atoms with Crippen molar-refractivity contribution < 1.29 is 0 Å². The molecule has 0 fully saturated rings. The highest BCUT2D eigenvalue weighted by atomic mass is 35.5. The van der Waals surface area contributed by atoms with E-state index in [1.165, 1.54) is 0 Å². The van der Waals surface area contributed by atoms with Gasteiger partial charge in [-0.2, -0.15) is 0 Å². The first-order chi connectivity index (χ1) is 7.91. The zero-order valence-corrected chi connectivity index (χ0v) is 12.1. The van der Waals surface area contributed by atoms with Crippen LogP contribution in [-0.2, 0) is 0 Å². The lowest BCUT2D eigenvalue weighted by Crippen LogP contribution is -2.34. The predicted molar refractivity (Wildman–Crippen MR) is 79.9 cm³/mol. The van der Waals surface area contributed by atoms with Crippen molar-refractivity contribution in [3.8, 4) is 0 Å². The Morgan fingerprint density at radius 3 is 2.47 bits per heavy atom. The molecule has 0 atom stereocenters. The third-order valence-electron chi connectivity index (χ3n) is 3.24. The molecule has 0 unspecified atom stereocenters. The molecule has 0 spiro atoms. The highest BCUT2D eigenvalue weighted by molar-refractivity contribution is 7.80. The number of hydrogen-bond donors (Lipinski definition) is 2. The largest absolute Gasteiger partial charge is 0.389 e. The van der Waals surface area contributed by atoms with Crippen molar-refractivity contribution in [2.24, 2.45) is 5.73 Å². The minimum atomic E-state index is 0.0320. The van der Waals surface area contributed by atoms with E-state index in [0.717, 1.165) is 24.1 Å². The van der Waals surface area contributed by atoms with E-state index in [9.17, 15) is 0 Å². The fraction of sp³-hybridized carbons (Fsp3) is 0.462. The van der Waals surface area contributed by atoms with Crippen molar-refractivity contribution in [3.63, 3.8) is 0 Å². The van der Waals surface area contributed by atoms with Crippen LogP contribution in [0.4, 0.5) is 5.69 Å². The van der Waals surface area contributed by atoms with Crippen molar-refractivity contribution in [1.29, 1.82) is 0 Å². The number of hydrogen-bond acceptors (Lipinski definition) is 2. The molecule has 3 N–H and O–H groups in total. The molecular formula is C13H19ClN2S. The first-order valence-electron chi connectivity index (χ1n) is 5.79. The van der Waals surface area contributed by atoms with Gasteiger partial charge >= 0.3 is 0 Å². The number of nitrogens with one attached hydrogen (secondary N) is 1. The van der Waals surface area contributed by atoms with Gasteiger partial charge in [-0.25, -0.2) is 0 Å². The van der Waals surface area contributed by atoms with E-state index in [-0.39, 0.29) is 5.54 Å². The van der Waals surface area contributed by atoms with Gasteiger partial charge in [-0.1, -0.05) is 37.7 Å². The summed E-state index contributed by atoms with van der Waals surface area (Å²) in [4.78, 5) is 0.388. The zero-order chi connectivity index (χ0) is 13.1. The van der Waals surface area contributed by atoms with Crippen LogP contribution < -0.4 is 11.1 Å². The molecule has 1 aromatic rings. The van der Waals surface area contributed by atoms with Crippen molar-refractivity contribution in [2.75, 3.05) is 5.32 Å². The van der Waals surface area contributed by atoms with Gasteiger partial charge in [-0.05, 0) is 38.0 Å². The lowest BCUT2D eigenvalue weighted by Gasteiger charge is -2.30. The molecule has 2 nitrogen and oxygen atoms in total. The predicted octanol–water partition coefficient (Wildman–Crippen LogP) is 3.96. The maximum absolute atomic E-state index is 6.01. The monoisotopic (exact) mass is 270 g/mol. The highest BCUT2D eigenvalue weighted by Crippen LogP contribution is 2.27. The first kappa shape index (κ1) is 14.3. The van der Waals surface area contributed by atoms with Crippen LogP contribution in [0.3, 0.4) is 0 Å². The molecule has 0 radical (unpaired) electrons. The molecule has 0 aliphatic carbocycles. The van der Waals surface area contributed by atoms with Gasteiger partial charge < -0.3 is 11.1 Å². The topological polar surface area (TPSA) is 38.0 Å². The van der Waals surface area contributed by atoms with E-state index < -0.39 is 0 Å². The van der Waals surface area contributed by atoms with Gasteiger partial charge in [0.2, 0.25) is 0 Å². The zero-order valence-electron chi connectivity index (χ0n) is 10.5. The van der Waals surface area contributed by atoms with Crippen LogP contribution in [0, 0.1) is 0 Å². The highest BCUT2D eigenvalue weighted by Gasteiger charge is 2.20. The summed E-state index contributed by atoms with van der Waals surface area (Å²) >= 11 is 11.1. The summed E-state index contributed by atoms with van der Waals surface area (Å²) in [5.41, 5.74) is 7.50. The second-order valence-electron chi connectivity index (χ2n) is 4.45. The quantitative estimate of drug-likeness (QED) is 0.796. The summed E-state index contributed by atoms with van der Waals surface area (Å²) in [6.45, 7) is 6.49. The molecule has 17 heavy (non-hydrogen) atoms. The van der Waals surface area contributed by atoms with Gasteiger partial charge in [-0.3, -0.25) is 0 Å². The van der Waals surface area contributed by atoms with Crippen molar-refractivity contribution in [2.45, 2.75) is 39.2 Å². The summed E-state index contributed by atoms with van der Waals surface area (Å²) in [7, 11) is 0. The fourth-order valence-corrected chi connectivity index (χ4v) is 1.94. The molecule has 0 aliphatic rings. The maximum atomic E-state index is 6.01. The van der Waals surface area contributed by atoms with E-state index in [1.54, 1.807) is 6.07 Å². The Morgan fingerprint density at radius 2 is 2.00 bits per heavy atom. The van der Waals surface area contributed by atoms with E-state index >= 15 is 0 Å². The first-order valence-corrected chi connectivity index (χ1v) is 6.58. The normalized spacial score (nSPS) is 11.3. The van der Waals surface area contributed by atoms with Crippen molar-refractivity contribution in [3.05, 3.63) is 28.8 Å². The molecular weight excluding hydrogens is 252 g/mol. The number of benzene rings is 1. The molecule has 1 aromatic carbocycles. The smallest absolute Gasteiger partial charge is 0.106 e. The average molecular weight is 271 g/mol. The second kappa shape index (κ2) is 5.69. The number of halogens is 1. The molecule has 0 heterocycles. The molecule has 0 bridgehead atoms. The van der Waals surface area contributed by atoms with Gasteiger partial charge in [0.15, 0.2) is 0 Å². The Morgan fingerprint density at radius 1 is 1.41 bits per heavy atom. The summed E-state index contributed by atoms with van der Waals surface area (Å²) in [6.07, 6.45) is 2.04. The molecule has 4 heteroatoms. The van der Waals surface area contributed by atoms with Gasteiger partial charge in [0.25, 0.3) is 0 Å². The molecule has 0 saturated carbocycles. The van der Waals surface area contributed by atoms with Crippen LogP contribution in [0.15, 0.2) is 18.2 Å². The second-order valence-corrected chi connectivity index (χ2v) is 5.32. The Bertz CT molecular complexity index is 414. The van der Waals surface area contributed by atoms with Crippen LogP contribution in [0.2, 0.25) is 5.02 Å². The standard InChI is InChI=1S/C13H19ClN2S/c1-4-13(3,5-2)16-11-8-9(14)6-7-10(11)12(15)17/h6-8,16H,4-5H2,1-3H3,(H2,15,17). The third-order valence-corrected chi connectivity index (χ3v) is 3.70. The number of rotatable bonds is 5. The van der Waals surface area contributed by atoms with E-state index in [1.807, 2.05) is 12.1 Å². The van der Waals surface area contributed by atoms with Crippen molar-refractivity contribution in [1.82, 2.24) is 0 Å². The van der Waals surface area contributed by atoms with Crippen LogP contribution in [0.25, 0.3) is 0 Å². The minimum Gasteiger partial charge on any atom is -0.389 e. The minimum absolute atomic E-state index is 0.0320. The number of anilines is 1. The number of thiocarbonyl (C=S) groups is 1. The maximum Gasteiger partial charge on any atom is 0.106 e. The molecule has 94 valence electrons. The van der Waals surface area contributed by atoms with Crippen LogP contribution in [-0.4, -0.2) is 10.5 Å². The van der Waals surface area contributed by atoms with Gasteiger partial charge in [0.1, 0.15) is 4.99 Å².